The van der Waals surface area contributed by atoms with Crippen LogP contribution < -0.4 is 9.64 Å². The minimum atomic E-state index is -4.58. The minimum Gasteiger partial charge on any atom is -0.493 e. The van der Waals surface area contributed by atoms with E-state index in [0.717, 1.165) is 23.9 Å². The van der Waals surface area contributed by atoms with E-state index in [9.17, 15) is 18.3 Å². The zero-order valence-corrected chi connectivity index (χ0v) is 22.5. The predicted molar refractivity (Wildman–Crippen MR) is 144 cm³/mol. The van der Waals surface area contributed by atoms with Gasteiger partial charge in [0.2, 0.25) is 0 Å². The lowest BCUT2D eigenvalue weighted by Gasteiger charge is -2.39. The average molecular weight is 530 g/mol. The molecule has 0 unspecified atom stereocenters. The van der Waals surface area contributed by atoms with Crippen molar-refractivity contribution in [1.82, 2.24) is 4.90 Å². The first-order valence-corrected chi connectivity index (χ1v) is 13.5. The number of alkyl halides is 3. The summed E-state index contributed by atoms with van der Waals surface area (Å²) in [7, 11) is 0. The van der Waals surface area contributed by atoms with Gasteiger partial charge < -0.3 is 14.7 Å². The fraction of sp³-hybridized carbons (Fsp3) is 0.567. The van der Waals surface area contributed by atoms with Gasteiger partial charge in [0.1, 0.15) is 5.75 Å². The van der Waals surface area contributed by atoms with Gasteiger partial charge in [-0.15, -0.1) is 0 Å². The third-order valence-electron chi connectivity index (χ3n) is 8.27. The molecule has 2 fully saturated rings. The summed E-state index contributed by atoms with van der Waals surface area (Å²) in [6.07, 6.45) is 0.533. The third-order valence-corrected chi connectivity index (χ3v) is 8.27. The Kier molecular flexibility index (Phi) is 8.59. The van der Waals surface area contributed by atoms with E-state index in [1.807, 2.05) is 17.9 Å². The maximum Gasteiger partial charge on any atom is 0.407 e. The first-order valence-electron chi connectivity index (χ1n) is 13.5. The largest absolute Gasteiger partial charge is 0.493 e. The van der Waals surface area contributed by atoms with Crippen molar-refractivity contribution in [3.63, 3.8) is 0 Å². The summed E-state index contributed by atoms with van der Waals surface area (Å²) in [6.45, 7) is 15.8. The van der Waals surface area contributed by atoms with Gasteiger partial charge in [0.15, 0.2) is 5.69 Å². The van der Waals surface area contributed by atoms with Crippen molar-refractivity contribution in [3.8, 4) is 5.75 Å². The van der Waals surface area contributed by atoms with Crippen LogP contribution in [-0.2, 0) is 12.7 Å². The monoisotopic (exact) mass is 529 g/mol. The summed E-state index contributed by atoms with van der Waals surface area (Å²) in [4.78, 5) is 7.42. The van der Waals surface area contributed by atoms with Gasteiger partial charge in [0, 0.05) is 43.8 Å². The van der Waals surface area contributed by atoms with Gasteiger partial charge in [-0.05, 0) is 75.8 Å². The highest BCUT2D eigenvalue weighted by atomic mass is 19.4. The zero-order valence-electron chi connectivity index (χ0n) is 22.5. The van der Waals surface area contributed by atoms with Gasteiger partial charge >= 0.3 is 6.18 Å². The lowest BCUT2D eigenvalue weighted by atomic mass is 9.88. The van der Waals surface area contributed by atoms with E-state index in [4.69, 9.17) is 11.3 Å². The number of aliphatic hydroxyl groups is 1. The van der Waals surface area contributed by atoms with Gasteiger partial charge in [-0.25, -0.2) is 4.85 Å². The van der Waals surface area contributed by atoms with Crippen LogP contribution in [0.25, 0.3) is 4.85 Å². The molecule has 1 N–H and O–H groups in total. The number of halogens is 3. The molecule has 2 heterocycles. The van der Waals surface area contributed by atoms with Gasteiger partial charge in [0.25, 0.3) is 0 Å². The molecule has 2 saturated heterocycles. The second-order valence-electron chi connectivity index (χ2n) is 11.0. The fourth-order valence-electron chi connectivity index (χ4n) is 5.80. The molecule has 2 atom stereocenters. The SMILES string of the molecule is [C-]#[N+]c1ccc(N2CCC(O)(CCOc3ccc(CN4[C@@H](C)CCC[C@@H]4C)cc3C)CC2)cc1C(F)(F)F. The Morgan fingerprint density at radius 1 is 1.08 bits per heavy atom. The van der Waals surface area contributed by atoms with Crippen molar-refractivity contribution < 1.29 is 23.0 Å². The Morgan fingerprint density at radius 3 is 2.37 bits per heavy atom. The van der Waals surface area contributed by atoms with Crippen molar-refractivity contribution in [2.45, 2.75) is 89.7 Å². The molecule has 8 heteroatoms. The molecule has 0 aromatic heterocycles. The van der Waals surface area contributed by atoms with Crippen LogP contribution in [0, 0.1) is 13.5 Å². The molecule has 206 valence electrons. The van der Waals surface area contributed by atoms with Crippen LogP contribution in [0.2, 0.25) is 0 Å². The predicted octanol–water partition coefficient (Wildman–Crippen LogP) is 7.13. The molecular weight excluding hydrogens is 491 g/mol. The summed E-state index contributed by atoms with van der Waals surface area (Å²) >= 11 is 0. The second kappa shape index (κ2) is 11.5. The van der Waals surface area contributed by atoms with Crippen molar-refractivity contribution in [3.05, 3.63) is 64.5 Å². The molecule has 5 nitrogen and oxygen atoms in total. The maximum atomic E-state index is 13.4. The number of rotatable bonds is 7. The van der Waals surface area contributed by atoms with E-state index in [-0.39, 0.29) is 0 Å². The van der Waals surface area contributed by atoms with E-state index >= 15 is 0 Å². The molecule has 0 bridgehead atoms. The standard InChI is InChI=1S/C30H38F3N3O2/c1-21-18-24(20-36-22(2)6-5-7-23(36)3)8-11-28(21)38-17-14-29(37)12-15-35(16-13-29)25-9-10-27(34-4)26(19-25)30(31,32)33/h8-11,18-19,22-23,37H,5-7,12-17,20H2,1-3H3/t22-,23-/m0/s1. The number of benzene rings is 2. The first-order chi connectivity index (χ1) is 18.0. The number of nitrogens with zero attached hydrogens (tertiary/aromatic N) is 3. The van der Waals surface area contributed by atoms with E-state index in [2.05, 4.69) is 35.7 Å². The first kappa shape index (κ1) is 28.3. The van der Waals surface area contributed by atoms with Gasteiger partial charge in [0.05, 0.1) is 24.3 Å². The third kappa shape index (κ3) is 6.62. The number of ether oxygens (including phenoxy) is 1. The number of likely N-dealkylation sites (tertiary alicyclic amines) is 1. The normalized spacial score (nSPS) is 22.2. The molecule has 0 radical (unpaired) electrons. The molecule has 2 aromatic carbocycles. The highest BCUT2D eigenvalue weighted by Gasteiger charge is 2.36. The number of anilines is 1. The van der Waals surface area contributed by atoms with Crippen LogP contribution in [-0.4, -0.2) is 47.4 Å². The lowest BCUT2D eigenvalue weighted by molar-refractivity contribution is -0.136. The van der Waals surface area contributed by atoms with Crippen molar-refractivity contribution in [2.75, 3.05) is 24.6 Å². The molecule has 0 amide bonds. The summed E-state index contributed by atoms with van der Waals surface area (Å²) < 4.78 is 46.1. The minimum absolute atomic E-state index is 0.370. The average Bonchev–Trinajstić information content (AvgIpc) is 2.87. The Labute approximate surface area is 224 Å². The Bertz CT molecular complexity index is 1140. The van der Waals surface area contributed by atoms with Crippen molar-refractivity contribution in [2.24, 2.45) is 0 Å². The highest BCUT2D eigenvalue weighted by Crippen LogP contribution is 2.40. The molecule has 38 heavy (non-hydrogen) atoms. The zero-order chi connectivity index (χ0) is 27.5. The van der Waals surface area contributed by atoms with Crippen molar-refractivity contribution in [1.29, 1.82) is 0 Å². The van der Waals surface area contributed by atoms with Crippen LogP contribution in [0.3, 0.4) is 0 Å². The lowest BCUT2D eigenvalue weighted by Crippen LogP contribution is -2.45. The number of aryl methyl sites for hydroxylation is 1. The fourth-order valence-corrected chi connectivity index (χ4v) is 5.80. The van der Waals surface area contributed by atoms with Crippen LogP contribution in [0.5, 0.6) is 5.75 Å². The molecule has 2 aliphatic heterocycles. The van der Waals surface area contributed by atoms with Crippen LogP contribution >= 0.6 is 0 Å². The van der Waals surface area contributed by atoms with Gasteiger partial charge in [-0.2, -0.15) is 13.2 Å². The van der Waals surface area contributed by atoms with Crippen LogP contribution in [0.1, 0.15) is 69.1 Å². The molecule has 2 aromatic rings. The smallest absolute Gasteiger partial charge is 0.407 e. The van der Waals surface area contributed by atoms with Crippen LogP contribution in [0.4, 0.5) is 24.5 Å². The summed E-state index contributed by atoms with van der Waals surface area (Å²) in [6, 6.07) is 11.3. The van der Waals surface area contributed by atoms with Gasteiger partial charge in [-0.3, -0.25) is 4.90 Å². The molecule has 0 aliphatic carbocycles. The summed E-state index contributed by atoms with van der Waals surface area (Å²) in [5.74, 6) is 0.814. The second-order valence-corrected chi connectivity index (χ2v) is 11.0. The quantitative estimate of drug-likeness (QED) is 0.388. The maximum absolute atomic E-state index is 13.4. The Morgan fingerprint density at radius 2 is 1.76 bits per heavy atom. The highest BCUT2D eigenvalue weighted by molar-refractivity contribution is 5.62. The number of hydrogen-bond donors (Lipinski definition) is 1. The van der Waals surface area contributed by atoms with Crippen molar-refractivity contribution >= 4 is 11.4 Å². The van der Waals surface area contributed by atoms with E-state index in [0.29, 0.717) is 56.7 Å². The molecular formula is C30H38F3N3O2. The summed E-state index contributed by atoms with van der Waals surface area (Å²) in [5, 5.41) is 11.1. The van der Waals surface area contributed by atoms with E-state index < -0.39 is 23.0 Å². The Balaban J connectivity index is 1.29. The number of piperidine rings is 2. The Hall–Kier alpha value is -2.76. The molecule has 0 saturated carbocycles. The summed E-state index contributed by atoms with van der Waals surface area (Å²) in [5.41, 5.74) is 0.539. The van der Waals surface area contributed by atoms with Crippen LogP contribution in [0.15, 0.2) is 36.4 Å². The molecule has 0 spiro atoms. The molecule has 4 rings (SSSR count). The number of hydrogen-bond acceptors (Lipinski definition) is 4. The van der Waals surface area contributed by atoms with Gasteiger partial charge in [-0.1, -0.05) is 24.6 Å². The topological polar surface area (TPSA) is 40.3 Å². The van der Waals surface area contributed by atoms with E-state index in [1.165, 1.54) is 30.9 Å². The van der Waals surface area contributed by atoms with E-state index in [1.54, 1.807) is 6.07 Å². The molecule has 2 aliphatic rings.